The zero-order valence-electron chi connectivity index (χ0n) is 23.2. The van der Waals surface area contributed by atoms with Crippen molar-refractivity contribution < 1.29 is 28.1 Å². The maximum absolute atomic E-state index is 6.60. The lowest BCUT2D eigenvalue weighted by Gasteiger charge is -2.32. The Balaban J connectivity index is 1.98. The molecule has 2 aromatic carbocycles. The summed E-state index contributed by atoms with van der Waals surface area (Å²) in [4.78, 5) is 0. The molecule has 0 bridgehead atoms. The Labute approximate surface area is 216 Å². The fourth-order valence-electron chi connectivity index (χ4n) is 4.30. The van der Waals surface area contributed by atoms with Crippen molar-refractivity contribution in [1.29, 1.82) is 0 Å². The first-order valence-electron chi connectivity index (χ1n) is 12.5. The van der Waals surface area contributed by atoms with Gasteiger partial charge in [0.05, 0.1) is 36.6 Å². The van der Waals surface area contributed by atoms with Crippen molar-refractivity contribution in [3.63, 3.8) is 0 Å². The molecule has 4 rings (SSSR count). The van der Waals surface area contributed by atoms with Crippen molar-refractivity contribution in [2.75, 3.05) is 14.2 Å². The fourth-order valence-corrected chi connectivity index (χ4v) is 4.30. The van der Waals surface area contributed by atoms with E-state index in [1.165, 1.54) is 0 Å². The molecule has 2 aliphatic rings. The van der Waals surface area contributed by atoms with Gasteiger partial charge in [-0.05, 0) is 102 Å². The SMILES string of the molecule is COc1ccc(/C(B2OC(C)(C)C(C)(C)O2)=C(/B2OC(C)(C)C(C)(C)O2)c2ccc(OC)cc2)cc1. The topological polar surface area (TPSA) is 55.4 Å². The highest BCUT2D eigenvalue weighted by atomic mass is 16.7. The Morgan fingerprint density at radius 2 is 0.750 bits per heavy atom. The largest absolute Gasteiger partial charge is 0.497 e. The van der Waals surface area contributed by atoms with Crippen molar-refractivity contribution in [2.45, 2.75) is 77.8 Å². The molecule has 2 heterocycles. The maximum atomic E-state index is 6.60. The van der Waals surface area contributed by atoms with Crippen molar-refractivity contribution in [3.8, 4) is 11.5 Å². The standard InChI is InChI=1S/C28H38B2O6/c1-25(2)26(3,4)34-29(33-25)23(19-11-15-21(31-9)16-12-19)24(20-13-17-22(32-10)18-14-20)30-35-27(5,6)28(7,8)36-30/h11-18H,1-10H3/b24-23-. The Bertz CT molecular complexity index is 998. The normalized spacial score (nSPS) is 22.4. The number of rotatable bonds is 6. The highest BCUT2D eigenvalue weighted by Gasteiger charge is 2.57. The molecule has 0 spiro atoms. The number of hydrogen-bond donors (Lipinski definition) is 0. The quantitative estimate of drug-likeness (QED) is 0.371. The van der Waals surface area contributed by atoms with Gasteiger partial charge >= 0.3 is 14.2 Å². The summed E-state index contributed by atoms with van der Waals surface area (Å²) in [5, 5.41) is 0. The van der Waals surface area contributed by atoms with Gasteiger partial charge in [0.25, 0.3) is 0 Å². The van der Waals surface area contributed by atoms with Crippen LogP contribution in [0.25, 0.3) is 10.9 Å². The van der Waals surface area contributed by atoms with Gasteiger partial charge in [0.2, 0.25) is 0 Å². The molecular weight excluding hydrogens is 454 g/mol. The molecule has 0 saturated carbocycles. The van der Waals surface area contributed by atoms with E-state index in [1.54, 1.807) is 14.2 Å². The first kappa shape index (κ1) is 26.8. The second-order valence-corrected chi connectivity index (χ2v) is 11.5. The van der Waals surface area contributed by atoms with Crippen LogP contribution < -0.4 is 9.47 Å². The summed E-state index contributed by atoms with van der Waals surface area (Å²) in [5.41, 5.74) is 1.53. The molecule has 2 aromatic rings. The van der Waals surface area contributed by atoms with Crippen LogP contribution in [-0.2, 0) is 18.6 Å². The van der Waals surface area contributed by atoms with Gasteiger partial charge in [-0.1, -0.05) is 24.3 Å². The fraction of sp³-hybridized carbons (Fsp3) is 0.500. The number of ether oxygens (including phenoxy) is 2. The number of benzene rings is 2. The number of methoxy groups -OCH3 is 2. The summed E-state index contributed by atoms with van der Waals surface area (Å²) in [7, 11) is 2.04. The minimum absolute atomic E-state index is 0.518. The third kappa shape index (κ3) is 4.72. The van der Waals surface area contributed by atoms with E-state index in [2.05, 4.69) is 55.4 Å². The van der Waals surface area contributed by atoms with Gasteiger partial charge in [-0.15, -0.1) is 0 Å². The van der Waals surface area contributed by atoms with Gasteiger partial charge in [0.15, 0.2) is 0 Å². The van der Waals surface area contributed by atoms with Gasteiger partial charge in [0, 0.05) is 0 Å². The minimum Gasteiger partial charge on any atom is -0.497 e. The third-order valence-electron chi connectivity index (χ3n) is 8.07. The van der Waals surface area contributed by atoms with Crippen molar-refractivity contribution >= 4 is 25.2 Å². The van der Waals surface area contributed by atoms with Gasteiger partial charge in [-0.25, -0.2) is 0 Å². The molecule has 192 valence electrons. The van der Waals surface area contributed by atoms with Crippen LogP contribution in [0.4, 0.5) is 0 Å². The zero-order chi connectivity index (χ0) is 26.5. The Hall–Kier alpha value is -2.25. The van der Waals surface area contributed by atoms with E-state index in [0.717, 1.165) is 33.6 Å². The molecule has 6 nitrogen and oxygen atoms in total. The molecule has 2 fully saturated rings. The van der Waals surface area contributed by atoms with Crippen molar-refractivity contribution in [1.82, 2.24) is 0 Å². The molecule has 0 atom stereocenters. The molecule has 0 unspecified atom stereocenters. The summed E-state index contributed by atoms with van der Waals surface area (Å²) in [6.07, 6.45) is 0. The monoisotopic (exact) mass is 492 g/mol. The lowest BCUT2D eigenvalue weighted by Crippen LogP contribution is -2.41. The van der Waals surface area contributed by atoms with Gasteiger partial charge in [-0.2, -0.15) is 0 Å². The van der Waals surface area contributed by atoms with Gasteiger partial charge in [0.1, 0.15) is 11.5 Å². The summed E-state index contributed by atoms with van der Waals surface area (Å²) < 4.78 is 37.3. The number of hydrogen-bond acceptors (Lipinski definition) is 6. The van der Waals surface area contributed by atoms with E-state index in [1.807, 2.05) is 48.5 Å². The highest BCUT2D eigenvalue weighted by Crippen LogP contribution is 2.47. The molecule has 0 amide bonds. The third-order valence-corrected chi connectivity index (χ3v) is 8.07. The van der Waals surface area contributed by atoms with E-state index in [-0.39, 0.29) is 0 Å². The maximum Gasteiger partial charge on any atom is 0.495 e. The molecular formula is C28H38B2O6. The van der Waals surface area contributed by atoms with Crippen LogP contribution in [0, 0.1) is 0 Å². The molecule has 0 aliphatic carbocycles. The lowest BCUT2D eigenvalue weighted by atomic mass is 9.60. The molecule has 8 heteroatoms. The lowest BCUT2D eigenvalue weighted by molar-refractivity contribution is 0.00578. The minimum atomic E-state index is -0.639. The van der Waals surface area contributed by atoms with E-state index >= 15 is 0 Å². The summed E-state index contributed by atoms with van der Waals surface area (Å²) >= 11 is 0. The van der Waals surface area contributed by atoms with Crippen LogP contribution in [0.2, 0.25) is 0 Å². The van der Waals surface area contributed by atoms with Gasteiger partial charge < -0.3 is 28.1 Å². The average molecular weight is 492 g/mol. The molecule has 36 heavy (non-hydrogen) atoms. The first-order chi connectivity index (χ1) is 16.7. The Kier molecular flexibility index (Phi) is 6.88. The predicted molar refractivity (Wildman–Crippen MR) is 145 cm³/mol. The second kappa shape index (κ2) is 9.25. The predicted octanol–water partition coefficient (Wildman–Crippen LogP) is 5.88. The summed E-state index contributed by atoms with van der Waals surface area (Å²) in [6.45, 7) is 16.4. The van der Waals surface area contributed by atoms with Crippen LogP contribution in [-0.4, -0.2) is 50.9 Å². The smallest absolute Gasteiger partial charge is 0.495 e. The molecule has 0 N–H and O–H groups in total. The molecule has 0 aromatic heterocycles. The molecule has 2 aliphatic heterocycles. The second-order valence-electron chi connectivity index (χ2n) is 11.5. The van der Waals surface area contributed by atoms with Crippen LogP contribution in [0.15, 0.2) is 48.5 Å². The Morgan fingerprint density at radius 3 is 0.972 bits per heavy atom. The first-order valence-corrected chi connectivity index (χ1v) is 12.5. The summed E-state index contributed by atoms with van der Waals surface area (Å²) in [5.74, 6) is 1.54. The van der Waals surface area contributed by atoms with Crippen LogP contribution in [0.3, 0.4) is 0 Å². The Morgan fingerprint density at radius 1 is 0.500 bits per heavy atom. The van der Waals surface area contributed by atoms with Crippen molar-refractivity contribution in [2.24, 2.45) is 0 Å². The summed E-state index contributed by atoms with van der Waals surface area (Å²) in [6, 6.07) is 15.9. The van der Waals surface area contributed by atoms with E-state index < -0.39 is 36.6 Å². The zero-order valence-corrected chi connectivity index (χ0v) is 23.2. The van der Waals surface area contributed by atoms with E-state index in [0.29, 0.717) is 0 Å². The van der Waals surface area contributed by atoms with Crippen LogP contribution in [0.5, 0.6) is 11.5 Å². The van der Waals surface area contributed by atoms with Gasteiger partial charge in [-0.3, -0.25) is 0 Å². The average Bonchev–Trinajstić information content (AvgIpc) is 3.16. The van der Waals surface area contributed by atoms with Crippen LogP contribution >= 0.6 is 0 Å². The van der Waals surface area contributed by atoms with Crippen LogP contribution in [0.1, 0.15) is 66.5 Å². The van der Waals surface area contributed by atoms with E-state index in [4.69, 9.17) is 28.1 Å². The van der Waals surface area contributed by atoms with E-state index in [9.17, 15) is 0 Å². The highest BCUT2D eigenvalue weighted by molar-refractivity contribution is 6.82. The van der Waals surface area contributed by atoms with Crippen molar-refractivity contribution in [3.05, 3.63) is 59.7 Å². The molecule has 0 radical (unpaired) electrons. The molecule has 2 saturated heterocycles.